The predicted octanol–water partition coefficient (Wildman–Crippen LogP) is 4.25. The first-order chi connectivity index (χ1) is 19.0. The predicted molar refractivity (Wildman–Crippen MR) is 151 cm³/mol. The summed E-state index contributed by atoms with van der Waals surface area (Å²) in [6, 6.07) is 18.0. The van der Waals surface area contributed by atoms with Gasteiger partial charge in [0, 0.05) is 42.9 Å². The highest BCUT2D eigenvalue weighted by Gasteiger charge is 2.33. The van der Waals surface area contributed by atoms with E-state index >= 15 is 0 Å². The van der Waals surface area contributed by atoms with Crippen LogP contribution in [0.15, 0.2) is 70.1 Å². The number of H-pyrrole nitrogens is 1. The Bertz CT molecular complexity index is 1650. The highest BCUT2D eigenvalue weighted by atomic mass is 16.3. The number of hydrogen-bond acceptors (Lipinski definition) is 7. The first-order valence-electron chi connectivity index (χ1n) is 13.5. The van der Waals surface area contributed by atoms with Crippen LogP contribution >= 0.6 is 0 Å². The maximum Gasteiger partial charge on any atom is 0.253 e. The number of nitrogens with one attached hydrogen (secondary N) is 1. The summed E-state index contributed by atoms with van der Waals surface area (Å²) in [6.45, 7) is 10.1. The molecular formula is C30H33N7O2. The van der Waals surface area contributed by atoms with Crippen LogP contribution in [-0.2, 0) is 13.0 Å². The third-order valence-electron chi connectivity index (χ3n) is 7.93. The van der Waals surface area contributed by atoms with Gasteiger partial charge in [-0.25, -0.2) is 4.68 Å². The Kier molecular flexibility index (Phi) is 6.74. The molecule has 200 valence electrons. The molecule has 1 saturated heterocycles. The Morgan fingerprint density at radius 3 is 2.64 bits per heavy atom. The van der Waals surface area contributed by atoms with Gasteiger partial charge in [-0.05, 0) is 89.2 Å². The minimum Gasteiger partial charge on any atom is -0.467 e. The van der Waals surface area contributed by atoms with Gasteiger partial charge < -0.3 is 14.3 Å². The largest absolute Gasteiger partial charge is 0.467 e. The summed E-state index contributed by atoms with van der Waals surface area (Å²) in [6.07, 6.45) is 2.57. The molecule has 4 heterocycles. The van der Waals surface area contributed by atoms with Crippen molar-refractivity contribution in [3.05, 3.63) is 105 Å². The van der Waals surface area contributed by atoms with E-state index in [0.717, 1.165) is 49.3 Å². The molecule has 1 aliphatic heterocycles. The third kappa shape index (κ3) is 4.85. The molecule has 3 aromatic heterocycles. The molecule has 0 aliphatic carbocycles. The van der Waals surface area contributed by atoms with Gasteiger partial charge in [0.25, 0.3) is 5.56 Å². The zero-order chi connectivity index (χ0) is 26.9. The average molecular weight is 524 g/mol. The molecule has 5 aromatic rings. The molecule has 9 heteroatoms. The maximum absolute atomic E-state index is 13.6. The number of fused-ring (bicyclic) bond motifs is 1. The quantitative estimate of drug-likeness (QED) is 0.341. The van der Waals surface area contributed by atoms with Gasteiger partial charge in [0.1, 0.15) is 18.3 Å². The van der Waals surface area contributed by atoms with Gasteiger partial charge in [0.2, 0.25) is 0 Å². The Balaban J connectivity index is 1.39. The van der Waals surface area contributed by atoms with Gasteiger partial charge in [-0.15, -0.1) is 5.10 Å². The Morgan fingerprint density at radius 1 is 1.03 bits per heavy atom. The number of anilines is 1. The fraction of sp³-hybridized carbons (Fsp3) is 0.333. The zero-order valence-electron chi connectivity index (χ0n) is 22.6. The van der Waals surface area contributed by atoms with Crippen LogP contribution in [0.25, 0.3) is 10.9 Å². The van der Waals surface area contributed by atoms with Crippen LogP contribution in [0.1, 0.15) is 46.8 Å². The summed E-state index contributed by atoms with van der Waals surface area (Å²) in [5.74, 6) is 1.38. The highest BCUT2D eigenvalue weighted by molar-refractivity contribution is 5.80. The number of benzene rings is 2. The van der Waals surface area contributed by atoms with Gasteiger partial charge >= 0.3 is 0 Å². The number of pyridine rings is 1. The summed E-state index contributed by atoms with van der Waals surface area (Å²) in [4.78, 5) is 21.4. The van der Waals surface area contributed by atoms with Crippen LogP contribution in [0.3, 0.4) is 0 Å². The van der Waals surface area contributed by atoms with Gasteiger partial charge in [0.15, 0.2) is 5.82 Å². The van der Waals surface area contributed by atoms with Crippen LogP contribution in [0.2, 0.25) is 0 Å². The van der Waals surface area contributed by atoms with Crippen LogP contribution in [0.4, 0.5) is 5.69 Å². The molecule has 1 fully saturated rings. The number of tetrazole rings is 1. The van der Waals surface area contributed by atoms with E-state index in [1.807, 2.05) is 24.3 Å². The van der Waals surface area contributed by atoms with Crippen molar-refractivity contribution < 1.29 is 4.42 Å². The summed E-state index contributed by atoms with van der Waals surface area (Å²) < 4.78 is 7.32. The summed E-state index contributed by atoms with van der Waals surface area (Å²) in [7, 11) is 0. The second-order valence-electron chi connectivity index (χ2n) is 10.2. The minimum atomic E-state index is -0.408. The molecule has 1 aliphatic rings. The Morgan fingerprint density at radius 2 is 1.87 bits per heavy atom. The van der Waals surface area contributed by atoms with Crippen molar-refractivity contribution in [1.29, 1.82) is 0 Å². The van der Waals surface area contributed by atoms with E-state index < -0.39 is 6.04 Å². The number of rotatable bonds is 7. The van der Waals surface area contributed by atoms with Gasteiger partial charge in [0.05, 0.1) is 6.26 Å². The molecule has 9 nitrogen and oxygen atoms in total. The SMILES string of the molecule is CCc1ccc2[nH]c(=O)c([C@@H](c3nnnn3Cc3ccco3)N3CCN(c4cccc(C)c4C)CC3)cc2c1. The lowest BCUT2D eigenvalue weighted by Gasteiger charge is -2.40. The minimum absolute atomic E-state index is 0.124. The lowest BCUT2D eigenvalue weighted by atomic mass is 10.0. The van der Waals surface area contributed by atoms with Crippen molar-refractivity contribution in [1.82, 2.24) is 30.1 Å². The number of hydrogen-bond donors (Lipinski definition) is 1. The molecule has 0 amide bonds. The van der Waals surface area contributed by atoms with Crippen molar-refractivity contribution in [2.75, 3.05) is 31.1 Å². The fourth-order valence-electron chi connectivity index (χ4n) is 5.56. The van der Waals surface area contributed by atoms with Crippen molar-refractivity contribution >= 4 is 16.6 Å². The van der Waals surface area contributed by atoms with Crippen molar-refractivity contribution in [2.45, 2.75) is 39.8 Å². The molecule has 39 heavy (non-hydrogen) atoms. The monoisotopic (exact) mass is 523 g/mol. The maximum atomic E-state index is 13.6. The van der Waals surface area contributed by atoms with E-state index in [-0.39, 0.29) is 5.56 Å². The lowest BCUT2D eigenvalue weighted by molar-refractivity contribution is 0.200. The molecule has 0 bridgehead atoms. The zero-order valence-corrected chi connectivity index (χ0v) is 22.6. The second kappa shape index (κ2) is 10.5. The van der Waals surface area contributed by atoms with E-state index in [1.54, 1.807) is 10.9 Å². The van der Waals surface area contributed by atoms with Crippen molar-refractivity contribution in [3.63, 3.8) is 0 Å². The van der Waals surface area contributed by atoms with E-state index in [1.165, 1.54) is 22.4 Å². The van der Waals surface area contributed by atoms with E-state index in [2.05, 4.69) is 81.4 Å². The molecule has 0 radical (unpaired) electrons. The summed E-state index contributed by atoms with van der Waals surface area (Å²) in [5, 5.41) is 13.8. The van der Waals surface area contributed by atoms with E-state index in [9.17, 15) is 4.79 Å². The molecule has 1 atom stereocenters. The molecule has 6 rings (SSSR count). The van der Waals surface area contributed by atoms with Crippen LogP contribution in [0.5, 0.6) is 0 Å². The number of aromatic amines is 1. The first kappa shape index (κ1) is 25.1. The lowest BCUT2D eigenvalue weighted by Crippen LogP contribution is -2.49. The molecule has 0 spiro atoms. The molecule has 0 unspecified atom stereocenters. The summed E-state index contributed by atoms with van der Waals surface area (Å²) in [5.41, 5.74) is 6.44. The van der Waals surface area contributed by atoms with Gasteiger partial charge in [-0.2, -0.15) is 0 Å². The topological polar surface area (TPSA) is 96.1 Å². The smallest absolute Gasteiger partial charge is 0.253 e. The van der Waals surface area contributed by atoms with Crippen LogP contribution < -0.4 is 10.5 Å². The number of aryl methyl sites for hydroxylation is 2. The standard InChI is InChI=1S/C30H33N7O2/c1-4-22-10-11-26-23(17-22)18-25(30(38)31-26)28(29-32-33-34-37(29)19-24-8-6-16-39-24)36-14-12-35(13-15-36)27-9-5-7-20(2)21(27)3/h5-11,16-18,28H,4,12-15,19H2,1-3H3,(H,31,38)/t28-/m0/s1. The fourth-order valence-corrected chi connectivity index (χ4v) is 5.56. The average Bonchev–Trinajstić information content (AvgIpc) is 3.64. The molecule has 0 saturated carbocycles. The van der Waals surface area contributed by atoms with Gasteiger partial charge in [-0.3, -0.25) is 9.69 Å². The Hall–Kier alpha value is -4.24. The molecular weight excluding hydrogens is 490 g/mol. The Labute approximate surface area is 227 Å². The number of aromatic nitrogens is 5. The number of furan rings is 1. The van der Waals surface area contributed by atoms with Crippen LogP contribution in [-0.4, -0.2) is 56.3 Å². The highest BCUT2D eigenvalue weighted by Crippen LogP contribution is 2.30. The van der Waals surface area contributed by atoms with E-state index in [0.29, 0.717) is 17.9 Å². The summed E-state index contributed by atoms with van der Waals surface area (Å²) >= 11 is 0. The van der Waals surface area contributed by atoms with Crippen molar-refractivity contribution in [3.8, 4) is 0 Å². The normalized spacial score (nSPS) is 15.2. The van der Waals surface area contributed by atoms with E-state index in [4.69, 9.17) is 4.42 Å². The van der Waals surface area contributed by atoms with Crippen molar-refractivity contribution in [2.24, 2.45) is 0 Å². The third-order valence-corrected chi connectivity index (χ3v) is 7.93. The van der Waals surface area contributed by atoms with Gasteiger partial charge in [-0.1, -0.05) is 25.1 Å². The van der Waals surface area contributed by atoms with Crippen LogP contribution in [0, 0.1) is 13.8 Å². The number of nitrogens with zero attached hydrogens (tertiary/aromatic N) is 6. The first-order valence-corrected chi connectivity index (χ1v) is 13.5. The number of piperazine rings is 1. The molecule has 2 aromatic carbocycles. The molecule has 1 N–H and O–H groups in total. The second-order valence-corrected chi connectivity index (χ2v) is 10.2.